The lowest BCUT2D eigenvalue weighted by Crippen LogP contribution is -2.54. The molecule has 1 unspecified atom stereocenters. The Balaban J connectivity index is 0.858. The number of carbonyl (C=O) groups excluding carboxylic acids is 4. The third-order valence-corrected chi connectivity index (χ3v) is 7.98. The number of amides is 4. The van der Waals surface area contributed by atoms with Crippen LogP contribution in [0.1, 0.15) is 39.3 Å². The van der Waals surface area contributed by atoms with Gasteiger partial charge in [-0.15, -0.1) is 0 Å². The molecule has 2 aliphatic heterocycles. The van der Waals surface area contributed by atoms with Crippen LogP contribution in [-0.4, -0.2) is 94.3 Å². The predicted octanol–water partition coefficient (Wildman–Crippen LogP) is 3.57. The van der Waals surface area contributed by atoms with Crippen LogP contribution in [0.5, 0.6) is 5.75 Å². The Morgan fingerprint density at radius 2 is 1.74 bits per heavy atom. The van der Waals surface area contributed by atoms with E-state index >= 15 is 0 Å². The largest absolute Gasteiger partial charge is 0.491 e. The zero-order chi connectivity index (χ0) is 35.0. The van der Waals surface area contributed by atoms with Crippen molar-refractivity contribution in [3.8, 4) is 5.75 Å². The van der Waals surface area contributed by atoms with Crippen molar-refractivity contribution in [1.82, 2.24) is 30.4 Å². The minimum Gasteiger partial charge on any atom is -0.491 e. The number of carbonyl (C=O) groups is 4. The zero-order valence-electron chi connectivity index (χ0n) is 27.0. The highest BCUT2D eigenvalue weighted by Gasteiger charge is 2.45. The van der Waals surface area contributed by atoms with Crippen LogP contribution < -0.4 is 26.0 Å². The number of anilines is 5. The van der Waals surface area contributed by atoms with Crippen molar-refractivity contribution in [2.45, 2.75) is 25.8 Å². The Kier molecular flexibility index (Phi) is 10.8. The summed E-state index contributed by atoms with van der Waals surface area (Å²) in [5, 5.41) is 18.9. The van der Waals surface area contributed by atoms with Gasteiger partial charge in [-0.3, -0.25) is 34.5 Å². The molecule has 16 nitrogen and oxygen atoms in total. The van der Waals surface area contributed by atoms with Crippen molar-refractivity contribution in [3.05, 3.63) is 76.6 Å². The molecule has 0 aliphatic carbocycles. The average Bonchev–Trinajstić information content (AvgIpc) is 3.63. The highest BCUT2D eigenvalue weighted by molar-refractivity contribution is 6.33. The lowest BCUT2D eigenvalue weighted by Gasteiger charge is -2.27. The summed E-state index contributed by atoms with van der Waals surface area (Å²) in [4.78, 5) is 59.6. The van der Waals surface area contributed by atoms with Crippen molar-refractivity contribution >= 4 is 64.2 Å². The summed E-state index contributed by atoms with van der Waals surface area (Å²) >= 11 is 6.23. The smallest absolute Gasteiger partial charge is 0.264 e. The molecule has 1 fully saturated rings. The Labute approximate surface area is 291 Å². The lowest BCUT2D eigenvalue weighted by molar-refractivity contribution is -0.136. The summed E-state index contributed by atoms with van der Waals surface area (Å²) < 4.78 is 17.0. The van der Waals surface area contributed by atoms with Gasteiger partial charge in [0.15, 0.2) is 11.6 Å². The number of rotatable bonds is 16. The number of hydrogen-bond acceptors (Lipinski definition) is 13. The van der Waals surface area contributed by atoms with Crippen LogP contribution in [0.2, 0.25) is 5.02 Å². The number of piperidine rings is 1. The molecule has 50 heavy (non-hydrogen) atoms. The molecule has 4 amide bonds. The van der Waals surface area contributed by atoms with E-state index in [2.05, 4.69) is 41.4 Å². The monoisotopic (exact) mass is 703 g/mol. The van der Waals surface area contributed by atoms with Crippen molar-refractivity contribution in [2.24, 2.45) is 0 Å². The molecule has 260 valence electrons. The zero-order valence-corrected chi connectivity index (χ0v) is 27.7. The summed E-state index contributed by atoms with van der Waals surface area (Å²) in [5.74, 6) is -0.143. The van der Waals surface area contributed by atoms with Crippen LogP contribution in [0.15, 0.2) is 54.7 Å². The highest BCUT2D eigenvalue weighted by atomic mass is 35.5. The molecule has 5 N–H and O–H groups in total. The van der Waals surface area contributed by atoms with Gasteiger partial charge in [-0.25, -0.2) is 4.98 Å². The maximum atomic E-state index is 13.2. The molecule has 2 aromatic carbocycles. The quantitative estimate of drug-likeness (QED) is 0.0838. The molecule has 17 heteroatoms. The minimum absolute atomic E-state index is 0.0615. The van der Waals surface area contributed by atoms with Gasteiger partial charge in [0.2, 0.25) is 17.8 Å². The summed E-state index contributed by atoms with van der Waals surface area (Å²) in [6.45, 7) is 4.01. The Hall–Kier alpha value is -5.58. The van der Waals surface area contributed by atoms with Crippen LogP contribution in [-0.2, 0) is 19.1 Å². The van der Waals surface area contributed by atoms with Crippen LogP contribution in [0, 0.1) is 6.92 Å². The van der Waals surface area contributed by atoms with Gasteiger partial charge in [0, 0.05) is 36.1 Å². The molecule has 2 aliphatic rings. The first kappa shape index (κ1) is 34.3. The minimum atomic E-state index is -1.02. The van der Waals surface area contributed by atoms with Gasteiger partial charge in [-0.2, -0.15) is 10.1 Å². The fraction of sp³-hybridized carbons (Fsp3) is 0.303. The first-order chi connectivity index (χ1) is 24.3. The second-order valence-corrected chi connectivity index (χ2v) is 11.7. The summed E-state index contributed by atoms with van der Waals surface area (Å²) in [6, 6.07) is 13.0. The van der Waals surface area contributed by atoms with E-state index in [0.29, 0.717) is 73.6 Å². The number of benzene rings is 2. The number of imide groups is 2. The summed E-state index contributed by atoms with van der Waals surface area (Å²) in [6.07, 6.45) is 1.66. The van der Waals surface area contributed by atoms with Crippen LogP contribution >= 0.6 is 11.6 Å². The highest BCUT2D eigenvalue weighted by Crippen LogP contribution is 2.32. The number of halogens is 1. The SMILES string of the molecule is Cc1cc(Nc2nc(Nc3ccc(OCCOCCOCCNc4cccc5c4C(=O)N(C4CCC(=O)NC4=O)C5=O)cc3)ncc2Cl)n[nH]1. The van der Waals surface area contributed by atoms with Crippen molar-refractivity contribution < 1.29 is 33.4 Å². The van der Waals surface area contributed by atoms with E-state index in [-0.39, 0.29) is 24.0 Å². The van der Waals surface area contributed by atoms with E-state index in [1.165, 1.54) is 6.20 Å². The summed E-state index contributed by atoms with van der Waals surface area (Å²) in [5.41, 5.74) is 2.55. The molecule has 4 heterocycles. The van der Waals surface area contributed by atoms with Gasteiger partial charge < -0.3 is 30.2 Å². The third-order valence-electron chi connectivity index (χ3n) is 7.71. The number of aryl methyl sites for hydroxylation is 1. The topological polar surface area (TPSA) is 202 Å². The third kappa shape index (κ3) is 8.16. The van der Waals surface area contributed by atoms with Crippen molar-refractivity contribution in [1.29, 1.82) is 0 Å². The second-order valence-electron chi connectivity index (χ2n) is 11.3. The van der Waals surface area contributed by atoms with Gasteiger partial charge >= 0.3 is 0 Å². The van der Waals surface area contributed by atoms with Gasteiger partial charge in [-0.05, 0) is 49.7 Å². The Morgan fingerprint density at radius 1 is 0.960 bits per heavy atom. The van der Waals surface area contributed by atoms with Crippen LogP contribution in [0.3, 0.4) is 0 Å². The molecule has 0 spiro atoms. The van der Waals surface area contributed by atoms with Crippen molar-refractivity contribution in [3.63, 3.8) is 0 Å². The van der Waals surface area contributed by atoms with Crippen molar-refractivity contribution in [2.75, 3.05) is 55.5 Å². The number of fused-ring (bicyclic) bond motifs is 1. The predicted molar refractivity (Wildman–Crippen MR) is 182 cm³/mol. The first-order valence-corrected chi connectivity index (χ1v) is 16.2. The summed E-state index contributed by atoms with van der Waals surface area (Å²) in [7, 11) is 0. The number of aromatic amines is 1. The van der Waals surface area contributed by atoms with Gasteiger partial charge in [0.05, 0.1) is 43.8 Å². The number of nitrogens with one attached hydrogen (secondary N) is 5. The van der Waals surface area contributed by atoms with E-state index in [4.69, 9.17) is 25.8 Å². The fourth-order valence-electron chi connectivity index (χ4n) is 5.34. The molecule has 6 rings (SSSR count). The van der Waals surface area contributed by atoms with E-state index < -0.39 is 29.7 Å². The number of nitrogens with zero attached hydrogens (tertiary/aromatic N) is 4. The molecule has 1 atom stereocenters. The molecule has 2 aromatic heterocycles. The number of aromatic nitrogens is 4. The molecule has 0 bridgehead atoms. The number of hydrogen-bond donors (Lipinski definition) is 5. The standard InChI is InChI=1S/C33H34ClN9O7/c1-19-17-26(42-41-19)38-29-23(34)18-36-33(40-29)37-20-5-7-21(8-6-20)50-16-15-49-14-13-48-12-11-35-24-4-2-3-22-28(24)32(47)43(31(22)46)25-9-10-27(44)39-30(25)45/h2-8,17-18,25,35H,9-16H2,1H3,(H,39,44,45)(H3,36,37,38,40,41,42). The Morgan fingerprint density at radius 3 is 2.50 bits per heavy atom. The van der Waals surface area contributed by atoms with E-state index in [1.54, 1.807) is 18.2 Å². The normalized spacial score (nSPS) is 15.6. The molecular formula is C33H34ClN9O7. The number of H-pyrrole nitrogens is 1. The number of ether oxygens (including phenoxy) is 3. The molecule has 4 aromatic rings. The fourth-order valence-corrected chi connectivity index (χ4v) is 5.48. The molecule has 0 saturated carbocycles. The average molecular weight is 704 g/mol. The molecule has 1 saturated heterocycles. The maximum absolute atomic E-state index is 13.2. The van der Waals surface area contributed by atoms with Crippen LogP contribution in [0.25, 0.3) is 0 Å². The first-order valence-electron chi connectivity index (χ1n) is 15.8. The second kappa shape index (κ2) is 15.8. The van der Waals surface area contributed by atoms with E-state index in [0.717, 1.165) is 16.3 Å². The lowest BCUT2D eigenvalue weighted by atomic mass is 10.0. The molecule has 0 radical (unpaired) electrons. The maximum Gasteiger partial charge on any atom is 0.264 e. The van der Waals surface area contributed by atoms with E-state index in [1.807, 2.05) is 37.3 Å². The van der Waals surface area contributed by atoms with E-state index in [9.17, 15) is 19.2 Å². The van der Waals surface area contributed by atoms with Gasteiger partial charge in [0.25, 0.3) is 11.8 Å². The van der Waals surface area contributed by atoms with Gasteiger partial charge in [-0.1, -0.05) is 17.7 Å². The van der Waals surface area contributed by atoms with Crippen LogP contribution in [0.4, 0.5) is 29.0 Å². The molecular weight excluding hydrogens is 670 g/mol. The Bertz CT molecular complexity index is 1890. The van der Waals surface area contributed by atoms with Gasteiger partial charge in [0.1, 0.15) is 23.4 Å².